The van der Waals surface area contributed by atoms with Gasteiger partial charge in [-0.25, -0.2) is 0 Å². The van der Waals surface area contributed by atoms with E-state index >= 15 is 0 Å². The van der Waals surface area contributed by atoms with Crippen LogP contribution in [0.3, 0.4) is 0 Å². The molecule has 0 radical (unpaired) electrons. The lowest BCUT2D eigenvalue weighted by atomic mass is 9.97. The number of nitrogens with one attached hydrogen (secondary N) is 2. The fourth-order valence-corrected chi connectivity index (χ4v) is 2.94. The molecule has 0 bridgehead atoms. The van der Waals surface area contributed by atoms with Gasteiger partial charge in [0, 0.05) is 25.6 Å². The highest BCUT2D eigenvalue weighted by atomic mass is 16.5. The van der Waals surface area contributed by atoms with E-state index in [-0.39, 0.29) is 12.0 Å². The van der Waals surface area contributed by atoms with E-state index in [1.165, 1.54) is 19.3 Å². The van der Waals surface area contributed by atoms with Crippen molar-refractivity contribution >= 4 is 5.91 Å². The molecule has 2 aliphatic rings. The van der Waals surface area contributed by atoms with Crippen LogP contribution >= 0.6 is 0 Å². The summed E-state index contributed by atoms with van der Waals surface area (Å²) < 4.78 is 6.08. The molecule has 1 saturated carbocycles. The normalized spacial score (nSPS) is 19.8. The third-order valence-electron chi connectivity index (χ3n) is 4.39. The van der Waals surface area contributed by atoms with Crippen molar-refractivity contribution in [2.45, 2.75) is 38.2 Å². The first kappa shape index (κ1) is 14.4. The lowest BCUT2D eigenvalue weighted by molar-refractivity contribution is 0.0930. The molecule has 1 heterocycles. The molecule has 1 amide bonds. The lowest BCUT2D eigenvalue weighted by Gasteiger charge is -2.27. The number of amides is 1. The minimum Gasteiger partial charge on any atom is -0.490 e. The molecule has 0 aromatic heterocycles. The number of rotatable bonds is 5. The van der Waals surface area contributed by atoms with Crippen LogP contribution in [0.15, 0.2) is 24.3 Å². The van der Waals surface area contributed by atoms with Crippen LogP contribution in [0, 0.1) is 5.92 Å². The molecule has 0 spiro atoms. The first-order chi connectivity index (χ1) is 10.3. The molecular formula is C17H24N2O2. The van der Waals surface area contributed by atoms with Crippen LogP contribution in [0.5, 0.6) is 5.75 Å². The number of para-hydroxylation sites is 1. The Labute approximate surface area is 126 Å². The third-order valence-corrected chi connectivity index (χ3v) is 4.39. The number of carbonyl (C=O) groups excluding carboxylic acids is 1. The van der Waals surface area contributed by atoms with Gasteiger partial charge in [0.1, 0.15) is 5.75 Å². The van der Waals surface area contributed by atoms with Crippen LogP contribution in [0.4, 0.5) is 0 Å². The Morgan fingerprint density at radius 2 is 1.95 bits per heavy atom. The van der Waals surface area contributed by atoms with Crippen LogP contribution < -0.4 is 15.4 Å². The third kappa shape index (κ3) is 3.76. The first-order valence-corrected chi connectivity index (χ1v) is 8.07. The standard InChI is InChI=1S/C17H24N2O2/c20-17(19-12-13-10-18-11-13)15-8-4-5-9-16(15)21-14-6-2-1-3-7-14/h4-5,8-9,13-14,18H,1-3,6-7,10-12H2,(H,19,20). The zero-order valence-electron chi connectivity index (χ0n) is 12.4. The Bertz CT molecular complexity index is 479. The number of hydrogen-bond acceptors (Lipinski definition) is 3. The SMILES string of the molecule is O=C(NCC1CNC1)c1ccccc1OC1CCCCC1. The van der Waals surface area contributed by atoms with Crippen molar-refractivity contribution in [2.75, 3.05) is 19.6 Å². The largest absolute Gasteiger partial charge is 0.490 e. The molecular weight excluding hydrogens is 264 g/mol. The van der Waals surface area contributed by atoms with E-state index in [1.807, 2.05) is 24.3 Å². The van der Waals surface area contributed by atoms with Gasteiger partial charge < -0.3 is 15.4 Å². The van der Waals surface area contributed by atoms with Crippen molar-refractivity contribution in [1.29, 1.82) is 0 Å². The van der Waals surface area contributed by atoms with Gasteiger partial charge in [0.15, 0.2) is 0 Å². The van der Waals surface area contributed by atoms with E-state index in [4.69, 9.17) is 4.74 Å². The molecule has 4 nitrogen and oxygen atoms in total. The van der Waals surface area contributed by atoms with Crippen molar-refractivity contribution in [3.05, 3.63) is 29.8 Å². The molecule has 21 heavy (non-hydrogen) atoms. The van der Waals surface area contributed by atoms with Crippen molar-refractivity contribution in [3.8, 4) is 5.75 Å². The molecule has 3 rings (SSSR count). The van der Waals surface area contributed by atoms with Gasteiger partial charge in [-0.2, -0.15) is 0 Å². The zero-order valence-corrected chi connectivity index (χ0v) is 12.4. The Kier molecular flexibility index (Phi) is 4.76. The monoisotopic (exact) mass is 288 g/mol. The Balaban J connectivity index is 1.61. The van der Waals surface area contributed by atoms with E-state index in [9.17, 15) is 4.79 Å². The van der Waals surface area contributed by atoms with Gasteiger partial charge in [-0.05, 0) is 37.8 Å². The van der Waals surface area contributed by atoms with Crippen molar-refractivity contribution in [3.63, 3.8) is 0 Å². The van der Waals surface area contributed by atoms with E-state index in [0.29, 0.717) is 11.5 Å². The summed E-state index contributed by atoms with van der Waals surface area (Å²) in [7, 11) is 0. The number of ether oxygens (including phenoxy) is 1. The maximum atomic E-state index is 12.3. The average Bonchev–Trinajstić information content (AvgIpc) is 2.47. The van der Waals surface area contributed by atoms with Crippen LogP contribution in [-0.4, -0.2) is 31.6 Å². The second-order valence-electron chi connectivity index (χ2n) is 6.11. The summed E-state index contributed by atoms with van der Waals surface area (Å²) >= 11 is 0. The van der Waals surface area contributed by atoms with E-state index in [0.717, 1.165) is 38.2 Å². The maximum absolute atomic E-state index is 12.3. The molecule has 1 aromatic rings. The fourth-order valence-electron chi connectivity index (χ4n) is 2.94. The Morgan fingerprint density at radius 3 is 2.67 bits per heavy atom. The molecule has 0 unspecified atom stereocenters. The predicted octanol–water partition coefficient (Wildman–Crippen LogP) is 2.35. The van der Waals surface area contributed by atoms with Gasteiger partial charge >= 0.3 is 0 Å². The summed E-state index contributed by atoms with van der Waals surface area (Å²) in [5.41, 5.74) is 0.662. The van der Waals surface area contributed by atoms with E-state index in [1.54, 1.807) is 0 Å². The van der Waals surface area contributed by atoms with Crippen LogP contribution in [0.2, 0.25) is 0 Å². The summed E-state index contributed by atoms with van der Waals surface area (Å²) in [6.45, 7) is 2.74. The zero-order chi connectivity index (χ0) is 14.5. The predicted molar refractivity (Wildman–Crippen MR) is 82.6 cm³/mol. The molecule has 1 aliphatic heterocycles. The summed E-state index contributed by atoms with van der Waals surface area (Å²) in [6, 6.07) is 7.60. The average molecular weight is 288 g/mol. The van der Waals surface area contributed by atoms with Gasteiger partial charge in [0.25, 0.3) is 5.91 Å². The van der Waals surface area contributed by atoms with E-state index in [2.05, 4.69) is 10.6 Å². The van der Waals surface area contributed by atoms with Crippen molar-refractivity contribution in [1.82, 2.24) is 10.6 Å². The topological polar surface area (TPSA) is 50.4 Å². The molecule has 4 heteroatoms. The number of hydrogen-bond donors (Lipinski definition) is 2. The summed E-state index contributed by atoms with van der Waals surface area (Å²) in [5.74, 6) is 1.28. The van der Waals surface area contributed by atoms with Crippen molar-refractivity contribution < 1.29 is 9.53 Å². The lowest BCUT2D eigenvalue weighted by Crippen LogP contribution is -2.48. The highest BCUT2D eigenvalue weighted by molar-refractivity contribution is 5.96. The second kappa shape index (κ2) is 6.94. The molecule has 114 valence electrons. The highest BCUT2D eigenvalue weighted by Crippen LogP contribution is 2.26. The number of benzene rings is 1. The molecule has 1 aliphatic carbocycles. The van der Waals surface area contributed by atoms with Crippen molar-refractivity contribution in [2.24, 2.45) is 5.92 Å². The quantitative estimate of drug-likeness (QED) is 0.874. The van der Waals surface area contributed by atoms with Gasteiger partial charge in [0.2, 0.25) is 0 Å². The number of carbonyl (C=O) groups is 1. The van der Waals surface area contributed by atoms with Gasteiger partial charge in [0.05, 0.1) is 11.7 Å². The fraction of sp³-hybridized carbons (Fsp3) is 0.588. The Hall–Kier alpha value is -1.55. The minimum atomic E-state index is -0.0201. The van der Waals surface area contributed by atoms with Gasteiger partial charge in [-0.15, -0.1) is 0 Å². The van der Waals surface area contributed by atoms with Crippen LogP contribution in [0.25, 0.3) is 0 Å². The molecule has 1 saturated heterocycles. The summed E-state index contributed by atoms with van der Waals surface area (Å²) in [6.07, 6.45) is 6.23. The minimum absolute atomic E-state index is 0.0201. The first-order valence-electron chi connectivity index (χ1n) is 8.07. The smallest absolute Gasteiger partial charge is 0.255 e. The molecule has 2 fully saturated rings. The summed E-state index contributed by atoms with van der Waals surface area (Å²) in [5, 5.41) is 6.23. The van der Waals surface area contributed by atoms with Gasteiger partial charge in [-0.3, -0.25) is 4.79 Å². The highest BCUT2D eigenvalue weighted by Gasteiger charge is 2.21. The summed E-state index contributed by atoms with van der Waals surface area (Å²) in [4.78, 5) is 12.3. The molecule has 0 atom stereocenters. The van der Waals surface area contributed by atoms with Crippen LogP contribution in [0.1, 0.15) is 42.5 Å². The second-order valence-corrected chi connectivity index (χ2v) is 6.11. The van der Waals surface area contributed by atoms with Crippen LogP contribution in [-0.2, 0) is 0 Å². The maximum Gasteiger partial charge on any atom is 0.255 e. The molecule has 1 aromatic carbocycles. The van der Waals surface area contributed by atoms with Gasteiger partial charge in [-0.1, -0.05) is 18.6 Å². The van der Waals surface area contributed by atoms with E-state index < -0.39 is 0 Å². The molecule has 2 N–H and O–H groups in total. The Morgan fingerprint density at radius 1 is 1.19 bits per heavy atom.